The Balaban J connectivity index is 0.000000173. The topological polar surface area (TPSA) is 177 Å². The summed E-state index contributed by atoms with van der Waals surface area (Å²) in [6.45, 7) is 3.82. The number of aromatic nitrogens is 4. The number of benzene rings is 2. The molecule has 3 aromatic heterocycles. The monoisotopic (exact) mass is 695 g/mol. The van der Waals surface area contributed by atoms with Gasteiger partial charge in [0.2, 0.25) is 11.8 Å². The van der Waals surface area contributed by atoms with E-state index in [9.17, 15) is 29.4 Å². The van der Waals surface area contributed by atoms with Crippen LogP contribution in [-0.2, 0) is 36.5 Å². The third-order valence-corrected chi connectivity index (χ3v) is 10.1. The average molecular weight is 696 g/mol. The Morgan fingerprint density at radius 2 is 1.33 bits per heavy atom. The number of H-pyrrole nitrogens is 2. The molecule has 0 aliphatic carbocycles. The summed E-state index contributed by atoms with van der Waals surface area (Å²) < 4.78 is 2.11. The summed E-state index contributed by atoms with van der Waals surface area (Å²) in [6, 6.07) is 15.1. The van der Waals surface area contributed by atoms with Gasteiger partial charge in [-0.2, -0.15) is 0 Å². The molecule has 2 amide bonds. The third-order valence-electron chi connectivity index (χ3n) is 10.1. The van der Waals surface area contributed by atoms with Crippen molar-refractivity contribution in [1.82, 2.24) is 34.6 Å². The second kappa shape index (κ2) is 14.1. The first-order valence-electron chi connectivity index (χ1n) is 17.0. The number of nitrogens with one attached hydrogen (secondary N) is 4. The lowest BCUT2D eigenvalue weighted by molar-refractivity contribution is -0.144. The largest absolute Gasteiger partial charge is 0.511 e. The minimum atomic E-state index is -0.547. The van der Waals surface area contributed by atoms with E-state index in [1.54, 1.807) is 0 Å². The van der Waals surface area contributed by atoms with Gasteiger partial charge in [-0.25, -0.2) is 4.79 Å². The maximum atomic E-state index is 13.0. The van der Waals surface area contributed by atoms with Crippen LogP contribution in [0.25, 0.3) is 21.8 Å². The van der Waals surface area contributed by atoms with E-state index in [0.29, 0.717) is 25.2 Å². The smallest absolute Gasteiger partial charge is 0.333 e. The molecule has 3 aliphatic heterocycles. The van der Waals surface area contributed by atoms with Crippen LogP contribution in [0.3, 0.4) is 0 Å². The van der Waals surface area contributed by atoms with E-state index < -0.39 is 23.3 Å². The summed E-state index contributed by atoms with van der Waals surface area (Å²) in [6.07, 6.45) is 3.25. The lowest BCUT2D eigenvalue weighted by atomic mass is 9.90. The Kier molecular flexibility index (Phi) is 9.78. The number of hydrogen-bond donors (Lipinski definition) is 6. The molecule has 6 heterocycles. The molecule has 0 saturated carbocycles. The fourth-order valence-corrected chi connectivity index (χ4v) is 7.51. The van der Waals surface area contributed by atoms with Gasteiger partial charge in [0.15, 0.2) is 0 Å². The highest BCUT2D eigenvalue weighted by Gasteiger charge is 2.40. The first kappa shape index (κ1) is 35.4. The first-order chi connectivity index (χ1) is 24.1. The quantitative estimate of drug-likeness (QED) is 0.150. The molecule has 3 aliphatic rings. The molecule has 0 radical (unpaired) electrons. The summed E-state index contributed by atoms with van der Waals surface area (Å²) in [5, 5.41) is 29.8. The molecule has 268 valence electrons. The van der Waals surface area contributed by atoms with E-state index >= 15 is 0 Å². The van der Waals surface area contributed by atoms with Gasteiger partial charge in [-0.3, -0.25) is 28.4 Å². The van der Waals surface area contributed by atoms with Crippen molar-refractivity contribution in [2.24, 2.45) is 14.1 Å². The maximum absolute atomic E-state index is 13.0. The van der Waals surface area contributed by atoms with Crippen molar-refractivity contribution in [3.8, 4) is 5.88 Å². The van der Waals surface area contributed by atoms with Crippen molar-refractivity contribution in [3.63, 3.8) is 0 Å². The summed E-state index contributed by atoms with van der Waals surface area (Å²) in [7, 11) is 2.87. The molecule has 0 fully saturated rings. The number of imide groups is 1. The molecular formula is C38H45N7O6. The van der Waals surface area contributed by atoms with Crippen LogP contribution in [0.5, 0.6) is 5.88 Å². The summed E-state index contributed by atoms with van der Waals surface area (Å²) in [5.74, 6) is -1.11. The van der Waals surface area contributed by atoms with E-state index in [4.69, 9.17) is 0 Å². The van der Waals surface area contributed by atoms with Crippen molar-refractivity contribution in [1.29, 1.82) is 0 Å². The predicted octanol–water partition coefficient (Wildman–Crippen LogP) is 3.87. The molecule has 0 spiro atoms. The van der Waals surface area contributed by atoms with Crippen LogP contribution in [0.4, 0.5) is 0 Å². The number of nitrogens with zero attached hydrogens (tertiary/aromatic N) is 3. The Labute approximate surface area is 294 Å². The maximum Gasteiger partial charge on any atom is 0.333 e. The number of aliphatic hydroxyl groups excluding tert-OH is 1. The Hall–Kier alpha value is -5.40. The number of rotatable bonds is 5. The van der Waals surface area contributed by atoms with Crippen LogP contribution in [0.2, 0.25) is 0 Å². The number of para-hydroxylation sites is 2. The molecule has 0 bridgehead atoms. The zero-order valence-electron chi connectivity index (χ0n) is 28.3. The summed E-state index contributed by atoms with van der Waals surface area (Å²) in [5.41, 5.74) is 5.57. The second-order valence-corrected chi connectivity index (χ2v) is 13.1. The minimum Gasteiger partial charge on any atom is -0.511 e. The molecule has 5 aromatic rings. The second-order valence-electron chi connectivity index (χ2n) is 13.1. The van der Waals surface area contributed by atoms with Gasteiger partial charge >= 0.3 is 5.69 Å². The zero-order chi connectivity index (χ0) is 35.3. The molecule has 6 N–H and O–H groups in total. The SMILES string of the molecule is C.CCCCN1C(=O)CC(O)=C(C2NCCc3c2[nH]c2ccccc32)C1=O.Cn1c(O)c(C2NCCc3c2[nH]c2ccccc32)c(=O)n(C)c1=O. The fraction of sp³-hybridized carbons (Fsp3) is 0.368. The molecule has 13 nitrogen and oxygen atoms in total. The number of aromatic amines is 2. The van der Waals surface area contributed by atoms with Crippen LogP contribution in [0.1, 0.15) is 73.8 Å². The number of aromatic hydroxyl groups is 1. The van der Waals surface area contributed by atoms with E-state index in [0.717, 1.165) is 73.6 Å². The third kappa shape index (κ3) is 5.95. The highest BCUT2D eigenvalue weighted by atomic mass is 16.3. The van der Waals surface area contributed by atoms with Crippen LogP contribution in [0, 0.1) is 0 Å². The minimum absolute atomic E-state index is 0. The lowest BCUT2D eigenvalue weighted by Gasteiger charge is -2.33. The molecule has 0 saturated heterocycles. The highest BCUT2D eigenvalue weighted by Crippen LogP contribution is 2.37. The van der Waals surface area contributed by atoms with Gasteiger partial charge in [-0.1, -0.05) is 57.2 Å². The van der Waals surface area contributed by atoms with Crippen molar-refractivity contribution in [2.75, 3.05) is 19.6 Å². The Morgan fingerprint density at radius 3 is 1.92 bits per heavy atom. The number of carbonyl (C=O) groups excluding carboxylic acids is 2. The van der Waals surface area contributed by atoms with Crippen LogP contribution in [-0.4, -0.2) is 65.7 Å². The number of fused-ring (bicyclic) bond motifs is 6. The van der Waals surface area contributed by atoms with E-state index in [1.807, 2.05) is 49.4 Å². The first-order valence-corrected chi connectivity index (χ1v) is 17.0. The van der Waals surface area contributed by atoms with Gasteiger partial charge < -0.3 is 30.8 Å². The zero-order valence-corrected chi connectivity index (χ0v) is 28.3. The average Bonchev–Trinajstić information content (AvgIpc) is 3.70. The Morgan fingerprint density at radius 1 is 0.784 bits per heavy atom. The molecular weight excluding hydrogens is 650 g/mol. The van der Waals surface area contributed by atoms with Gasteiger partial charge in [-0.05, 0) is 42.5 Å². The standard InChI is InChI=1S/C20H23N3O3.C17H18N4O3.CH4/c1-2-3-10-23-16(25)11-15(24)17(20(23)26)19-18-13(8-9-21-19)12-6-4-5-7-14(12)22-18;1-20-15(22)12(16(23)21(2)17(20)24)14-13-10(7-8-18-14)9-5-3-4-6-11(9)19-13;/h4-7,19,21-22,24H,2-3,8-11H2,1H3;3-6,14,18-19,22H,7-8H2,1-2H3;1H4. The molecule has 8 rings (SSSR count). The predicted molar refractivity (Wildman–Crippen MR) is 196 cm³/mol. The molecule has 51 heavy (non-hydrogen) atoms. The van der Waals surface area contributed by atoms with Crippen molar-refractivity contribution < 1.29 is 19.8 Å². The number of hydrogen-bond acceptors (Lipinski definition) is 8. The van der Waals surface area contributed by atoms with Gasteiger partial charge in [0.05, 0.1) is 24.1 Å². The molecule has 2 aromatic carbocycles. The van der Waals surface area contributed by atoms with Gasteiger partial charge in [0.1, 0.15) is 11.3 Å². The van der Waals surface area contributed by atoms with E-state index in [-0.39, 0.29) is 42.9 Å². The number of aliphatic hydroxyl groups is 1. The summed E-state index contributed by atoms with van der Waals surface area (Å²) in [4.78, 5) is 57.9. The van der Waals surface area contributed by atoms with Crippen LogP contribution >= 0.6 is 0 Å². The van der Waals surface area contributed by atoms with E-state index in [2.05, 4.69) is 26.7 Å². The number of unbranched alkanes of at least 4 members (excludes halogenated alkanes) is 1. The van der Waals surface area contributed by atoms with Crippen LogP contribution in [0.15, 0.2) is 69.5 Å². The van der Waals surface area contributed by atoms with E-state index in [1.165, 1.54) is 24.6 Å². The van der Waals surface area contributed by atoms with Crippen molar-refractivity contribution in [2.45, 2.75) is 58.5 Å². The summed E-state index contributed by atoms with van der Waals surface area (Å²) >= 11 is 0. The lowest BCUT2D eigenvalue weighted by Crippen LogP contribution is -2.46. The fourth-order valence-electron chi connectivity index (χ4n) is 7.51. The number of amides is 2. The van der Waals surface area contributed by atoms with Crippen molar-refractivity contribution in [3.05, 3.63) is 109 Å². The molecule has 13 heteroatoms. The number of carbonyl (C=O) groups is 2. The molecule has 2 unspecified atom stereocenters. The highest BCUT2D eigenvalue weighted by molar-refractivity contribution is 6.09. The Bertz CT molecular complexity index is 2310. The van der Waals surface area contributed by atoms with Gasteiger partial charge in [0, 0.05) is 66.9 Å². The van der Waals surface area contributed by atoms with Gasteiger partial charge in [-0.15, -0.1) is 0 Å². The molecule has 2 atom stereocenters. The van der Waals surface area contributed by atoms with Crippen LogP contribution < -0.4 is 21.9 Å². The van der Waals surface area contributed by atoms with Crippen molar-refractivity contribution >= 4 is 33.6 Å². The van der Waals surface area contributed by atoms with Gasteiger partial charge in [0.25, 0.3) is 11.5 Å². The normalized spacial score (nSPS) is 18.7.